The lowest BCUT2D eigenvalue weighted by Crippen LogP contribution is -2.28. The van der Waals surface area contributed by atoms with Crippen molar-refractivity contribution < 1.29 is 0 Å². The molecule has 1 aromatic carbocycles. The molecular formula is C12H10BrClN4S. The Labute approximate surface area is 129 Å². The van der Waals surface area contributed by atoms with Gasteiger partial charge in [0.2, 0.25) is 0 Å². The molecule has 0 saturated carbocycles. The van der Waals surface area contributed by atoms with Crippen LogP contribution in [0.15, 0.2) is 41.3 Å². The number of anilines is 1. The van der Waals surface area contributed by atoms with Crippen LogP contribution in [0.5, 0.6) is 0 Å². The largest absolute Gasteiger partial charge is 0.358 e. The quantitative estimate of drug-likeness (QED) is 0.825. The Morgan fingerprint density at radius 2 is 2.05 bits per heavy atom. The topological polar surface area (TPSA) is 49.8 Å². The van der Waals surface area contributed by atoms with E-state index < -0.39 is 0 Å². The van der Waals surface area contributed by atoms with E-state index in [4.69, 9.17) is 23.8 Å². The van der Waals surface area contributed by atoms with Gasteiger partial charge in [0.25, 0.3) is 0 Å². The summed E-state index contributed by atoms with van der Waals surface area (Å²) in [4.78, 5) is 8.16. The Morgan fingerprint density at radius 3 is 2.74 bits per heavy atom. The second-order valence-corrected chi connectivity index (χ2v) is 5.25. The van der Waals surface area contributed by atoms with Gasteiger partial charge in [-0.1, -0.05) is 29.8 Å². The minimum Gasteiger partial charge on any atom is -0.358 e. The summed E-state index contributed by atoms with van der Waals surface area (Å²) in [7, 11) is 0. The van der Waals surface area contributed by atoms with E-state index >= 15 is 0 Å². The lowest BCUT2D eigenvalue weighted by Gasteiger charge is -2.10. The minimum absolute atomic E-state index is 0.469. The van der Waals surface area contributed by atoms with Crippen molar-refractivity contribution in [3.63, 3.8) is 0 Å². The van der Waals surface area contributed by atoms with Crippen LogP contribution in [0.2, 0.25) is 5.02 Å². The van der Waals surface area contributed by atoms with E-state index in [-0.39, 0.29) is 0 Å². The number of benzene rings is 1. The molecule has 19 heavy (non-hydrogen) atoms. The SMILES string of the molecule is S=C(NCc1ccccc1Cl)Nc1cnc(Br)cn1. The van der Waals surface area contributed by atoms with Gasteiger partial charge in [-0.3, -0.25) is 0 Å². The monoisotopic (exact) mass is 356 g/mol. The molecule has 2 N–H and O–H groups in total. The van der Waals surface area contributed by atoms with Gasteiger partial charge in [0, 0.05) is 11.6 Å². The highest BCUT2D eigenvalue weighted by Crippen LogP contribution is 2.14. The summed E-state index contributed by atoms with van der Waals surface area (Å²) in [6.07, 6.45) is 3.19. The second kappa shape index (κ2) is 6.79. The number of nitrogens with one attached hydrogen (secondary N) is 2. The van der Waals surface area contributed by atoms with Gasteiger partial charge in [-0.25, -0.2) is 9.97 Å². The number of aromatic nitrogens is 2. The summed E-state index contributed by atoms with van der Waals surface area (Å²) < 4.78 is 0.674. The average Bonchev–Trinajstić information content (AvgIpc) is 2.40. The summed E-state index contributed by atoms with van der Waals surface area (Å²) in [5, 5.41) is 7.18. The zero-order valence-corrected chi connectivity index (χ0v) is 12.9. The van der Waals surface area contributed by atoms with Crippen LogP contribution < -0.4 is 10.6 Å². The van der Waals surface area contributed by atoms with E-state index in [1.54, 1.807) is 12.4 Å². The minimum atomic E-state index is 0.469. The molecule has 0 bridgehead atoms. The lowest BCUT2D eigenvalue weighted by molar-refractivity contribution is 0.924. The fraction of sp³-hybridized carbons (Fsp3) is 0.0833. The average molecular weight is 358 g/mol. The number of halogens is 2. The predicted molar refractivity (Wildman–Crippen MR) is 84.2 cm³/mol. The predicted octanol–water partition coefficient (Wildman–Crippen LogP) is 3.38. The maximum absolute atomic E-state index is 6.05. The first-order chi connectivity index (χ1) is 9.15. The van der Waals surface area contributed by atoms with Crippen molar-refractivity contribution in [1.82, 2.24) is 15.3 Å². The molecule has 0 spiro atoms. The van der Waals surface area contributed by atoms with Crippen LogP contribution in [-0.2, 0) is 6.54 Å². The van der Waals surface area contributed by atoms with E-state index in [0.717, 1.165) is 5.56 Å². The molecular weight excluding hydrogens is 348 g/mol. The molecule has 1 heterocycles. The Morgan fingerprint density at radius 1 is 1.26 bits per heavy atom. The summed E-state index contributed by atoms with van der Waals surface area (Å²) in [6, 6.07) is 7.60. The fourth-order valence-corrected chi connectivity index (χ4v) is 1.94. The third kappa shape index (κ3) is 4.41. The first-order valence-electron chi connectivity index (χ1n) is 5.41. The van der Waals surface area contributed by atoms with Crippen LogP contribution in [-0.4, -0.2) is 15.1 Å². The number of hydrogen-bond acceptors (Lipinski definition) is 3. The number of rotatable bonds is 3. The molecule has 0 amide bonds. The lowest BCUT2D eigenvalue weighted by atomic mass is 10.2. The highest BCUT2D eigenvalue weighted by molar-refractivity contribution is 9.10. The van der Waals surface area contributed by atoms with Crippen molar-refractivity contribution >= 4 is 50.7 Å². The molecule has 4 nitrogen and oxygen atoms in total. The van der Waals surface area contributed by atoms with E-state index in [9.17, 15) is 0 Å². The van der Waals surface area contributed by atoms with Crippen molar-refractivity contribution in [3.05, 3.63) is 51.8 Å². The summed E-state index contributed by atoms with van der Waals surface area (Å²) >= 11 is 14.4. The third-order valence-electron chi connectivity index (χ3n) is 2.26. The van der Waals surface area contributed by atoms with Crippen molar-refractivity contribution in [2.45, 2.75) is 6.54 Å². The van der Waals surface area contributed by atoms with Crippen molar-refractivity contribution in [1.29, 1.82) is 0 Å². The van der Waals surface area contributed by atoms with E-state index in [1.807, 2.05) is 24.3 Å². The molecule has 0 radical (unpaired) electrons. The summed E-state index contributed by atoms with van der Waals surface area (Å²) in [5.74, 6) is 0.583. The maximum Gasteiger partial charge on any atom is 0.172 e. The standard InChI is InChI=1S/C12H10BrClN4S/c13-10-6-16-11(7-15-10)18-12(19)17-5-8-3-1-2-4-9(8)14/h1-4,6-7H,5H2,(H2,16,17,18,19). The number of nitrogens with zero attached hydrogens (tertiary/aromatic N) is 2. The molecule has 2 rings (SSSR count). The Bertz CT molecular complexity index is 576. The molecule has 0 unspecified atom stereocenters. The molecule has 0 atom stereocenters. The summed E-state index contributed by atoms with van der Waals surface area (Å²) in [6.45, 7) is 0.551. The second-order valence-electron chi connectivity index (χ2n) is 3.62. The van der Waals surface area contributed by atoms with Gasteiger partial charge in [-0.05, 0) is 39.8 Å². The van der Waals surface area contributed by atoms with E-state index in [0.29, 0.717) is 27.1 Å². The molecule has 98 valence electrons. The van der Waals surface area contributed by atoms with Crippen LogP contribution in [0.4, 0.5) is 5.82 Å². The molecule has 0 saturated heterocycles. The zero-order chi connectivity index (χ0) is 13.7. The molecule has 0 aliphatic rings. The number of thiocarbonyl (C=S) groups is 1. The highest BCUT2D eigenvalue weighted by atomic mass is 79.9. The van der Waals surface area contributed by atoms with Gasteiger partial charge in [-0.15, -0.1) is 0 Å². The summed E-state index contributed by atoms with van der Waals surface area (Å²) in [5.41, 5.74) is 0.982. The van der Waals surface area contributed by atoms with Gasteiger partial charge >= 0.3 is 0 Å². The van der Waals surface area contributed by atoms with Gasteiger partial charge in [0.15, 0.2) is 10.9 Å². The van der Waals surface area contributed by atoms with Crippen LogP contribution in [0, 0.1) is 0 Å². The zero-order valence-electron chi connectivity index (χ0n) is 9.73. The van der Waals surface area contributed by atoms with Crippen molar-refractivity contribution in [3.8, 4) is 0 Å². The van der Waals surface area contributed by atoms with Gasteiger partial charge in [0.05, 0.1) is 12.4 Å². The van der Waals surface area contributed by atoms with Crippen LogP contribution in [0.1, 0.15) is 5.56 Å². The molecule has 0 fully saturated rings. The Balaban J connectivity index is 1.88. The molecule has 0 aliphatic heterocycles. The normalized spacial score (nSPS) is 10.0. The van der Waals surface area contributed by atoms with Gasteiger partial charge < -0.3 is 10.6 Å². The van der Waals surface area contributed by atoms with E-state index in [2.05, 4.69) is 36.5 Å². The Hall–Kier alpha value is -1.24. The molecule has 2 aromatic rings. The van der Waals surface area contributed by atoms with Gasteiger partial charge in [-0.2, -0.15) is 0 Å². The van der Waals surface area contributed by atoms with Gasteiger partial charge in [0.1, 0.15) is 4.60 Å². The number of hydrogen-bond donors (Lipinski definition) is 2. The molecule has 1 aromatic heterocycles. The van der Waals surface area contributed by atoms with Crippen LogP contribution in [0.25, 0.3) is 0 Å². The fourth-order valence-electron chi connectivity index (χ4n) is 1.35. The third-order valence-corrected chi connectivity index (χ3v) is 3.28. The van der Waals surface area contributed by atoms with Crippen LogP contribution >= 0.6 is 39.7 Å². The maximum atomic E-state index is 6.05. The first kappa shape index (κ1) is 14.2. The molecule has 7 heteroatoms. The molecule has 0 aliphatic carbocycles. The first-order valence-corrected chi connectivity index (χ1v) is 6.99. The Kier molecular flexibility index (Phi) is 5.07. The van der Waals surface area contributed by atoms with Crippen LogP contribution in [0.3, 0.4) is 0 Å². The highest BCUT2D eigenvalue weighted by Gasteiger charge is 2.02. The van der Waals surface area contributed by atoms with E-state index in [1.165, 1.54) is 0 Å². The van der Waals surface area contributed by atoms with Crippen molar-refractivity contribution in [2.24, 2.45) is 0 Å². The van der Waals surface area contributed by atoms with Crippen molar-refractivity contribution in [2.75, 3.05) is 5.32 Å². The smallest absolute Gasteiger partial charge is 0.172 e.